The monoisotopic (exact) mass is 558 g/mol. The van der Waals surface area contributed by atoms with E-state index < -0.39 is 0 Å². The average molecular weight is 559 g/mol. The summed E-state index contributed by atoms with van der Waals surface area (Å²) in [6.07, 6.45) is 18.8. The van der Waals surface area contributed by atoms with E-state index in [4.69, 9.17) is 4.12 Å². The van der Waals surface area contributed by atoms with E-state index in [0.29, 0.717) is 0 Å². The van der Waals surface area contributed by atoms with Crippen molar-refractivity contribution in [3.05, 3.63) is 43.6 Å². The third kappa shape index (κ3) is 8.42. The Bertz CT molecular complexity index is 363. The van der Waals surface area contributed by atoms with Gasteiger partial charge in [0, 0.05) is 33.1 Å². The Morgan fingerprint density at radius 1 is 0.800 bits per heavy atom. The Morgan fingerprint density at radius 3 is 1.56 bits per heavy atom. The SMILES string of the molecule is C1=CN(C2CCCCC2)[CH-]N1C1CCCCC1.C=C[SiH2]O[SiH2]C=C.[Pt]. The summed E-state index contributed by atoms with van der Waals surface area (Å²) in [5, 5.41) is 0. The quantitative estimate of drug-likeness (QED) is 0.283. The van der Waals surface area contributed by atoms with Gasteiger partial charge < -0.3 is 13.9 Å². The topological polar surface area (TPSA) is 15.7 Å². The van der Waals surface area contributed by atoms with Crippen LogP contribution in [-0.4, -0.2) is 41.4 Å². The van der Waals surface area contributed by atoms with Crippen LogP contribution < -0.4 is 0 Å². The Labute approximate surface area is 174 Å². The van der Waals surface area contributed by atoms with E-state index >= 15 is 0 Å². The van der Waals surface area contributed by atoms with Gasteiger partial charge in [-0.3, -0.25) is 0 Å². The molecule has 0 amide bonds. The van der Waals surface area contributed by atoms with Crippen molar-refractivity contribution in [3.8, 4) is 0 Å². The van der Waals surface area contributed by atoms with E-state index in [9.17, 15) is 0 Å². The second-order valence-corrected chi connectivity index (χ2v) is 10.5. The molecular formula is C19H35N2OPtSi2-. The van der Waals surface area contributed by atoms with Crippen LogP contribution in [0.5, 0.6) is 0 Å². The smallest absolute Gasteiger partial charge is 0.170 e. The molecule has 3 aliphatic rings. The molecule has 0 aromatic heterocycles. The van der Waals surface area contributed by atoms with Gasteiger partial charge in [0.2, 0.25) is 0 Å². The Hall–Kier alpha value is -0.0979. The molecule has 0 radical (unpaired) electrons. The van der Waals surface area contributed by atoms with Gasteiger partial charge in [-0.25, -0.2) is 0 Å². The normalized spacial score (nSPS) is 22.2. The fourth-order valence-corrected chi connectivity index (χ4v) is 5.69. The molecule has 0 atom stereocenters. The van der Waals surface area contributed by atoms with E-state index in [1.165, 1.54) is 64.2 Å². The first-order chi connectivity index (χ1) is 11.8. The van der Waals surface area contributed by atoms with Gasteiger partial charge in [-0.15, -0.1) is 13.2 Å². The molecule has 6 heteroatoms. The zero-order valence-corrected chi connectivity index (χ0v) is 20.7. The van der Waals surface area contributed by atoms with Gasteiger partial charge >= 0.3 is 0 Å². The molecule has 0 unspecified atom stereocenters. The maximum atomic E-state index is 5.17. The number of rotatable bonds is 6. The zero-order valence-electron chi connectivity index (χ0n) is 15.6. The largest absolute Gasteiger partial charge is 0.506 e. The van der Waals surface area contributed by atoms with E-state index in [-0.39, 0.29) is 40.6 Å². The molecule has 1 heterocycles. The van der Waals surface area contributed by atoms with Crippen LogP contribution in [-0.2, 0) is 25.2 Å². The van der Waals surface area contributed by atoms with Crippen LogP contribution in [0, 0.1) is 6.67 Å². The molecule has 0 N–H and O–H groups in total. The van der Waals surface area contributed by atoms with Crippen molar-refractivity contribution in [2.45, 2.75) is 76.3 Å². The second kappa shape index (κ2) is 14.0. The standard InChI is InChI=1S/C15H25N2.C4H10OSi2.Pt/c1-3-7-14(8-4-1)16-11-12-17(13-16)15-9-5-2-6-10-15;1-3-6-5-7-4-2;/h11-15H,1-10H2;3-4H,1-2,6-7H2;/q-1;;. The molecule has 2 fully saturated rings. The molecule has 3 rings (SSSR count). The van der Waals surface area contributed by atoms with Gasteiger partial charge in [0.15, 0.2) is 19.5 Å². The summed E-state index contributed by atoms with van der Waals surface area (Å²) >= 11 is 0. The summed E-state index contributed by atoms with van der Waals surface area (Å²) in [5.41, 5.74) is 3.77. The summed E-state index contributed by atoms with van der Waals surface area (Å²) in [6, 6.07) is 1.57. The van der Waals surface area contributed by atoms with Crippen molar-refractivity contribution in [2.75, 3.05) is 0 Å². The van der Waals surface area contributed by atoms with E-state index in [1.807, 2.05) is 11.4 Å². The summed E-state index contributed by atoms with van der Waals surface area (Å²) in [5.74, 6) is 0. The third-order valence-corrected chi connectivity index (χ3v) is 7.50. The molecule has 25 heavy (non-hydrogen) atoms. The minimum atomic E-state index is -0.335. The van der Waals surface area contributed by atoms with Crippen molar-refractivity contribution in [2.24, 2.45) is 0 Å². The number of hydrogen-bond donors (Lipinski definition) is 0. The first-order valence-electron chi connectivity index (χ1n) is 9.73. The van der Waals surface area contributed by atoms with Crippen molar-refractivity contribution in [1.29, 1.82) is 0 Å². The Kier molecular flexibility index (Phi) is 12.9. The molecule has 2 aliphatic carbocycles. The molecule has 0 bridgehead atoms. The van der Waals surface area contributed by atoms with E-state index in [2.05, 4.69) is 42.0 Å². The molecular weight excluding hydrogens is 523 g/mol. The van der Waals surface area contributed by atoms with Crippen LogP contribution in [0.25, 0.3) is 0 Å². The van der Waals surface area contributed by atoms with Crippen LogP contribution in [0.3, 0.4) is 0 Å². The summed E-state index contributed by atoms with van der Waals surface area (Å²) in [4.78, 5) is 4.96. The number of hydrogen-bond acceptors (Lipinski definition) is 3. The van der Waals surface area contributed by atoms with Crippen LogP contribution in [0.2, 0.25) is 0 Å². The van der Waals surface area contributed by atoms with Crippen molar-refractivity contribution < 1.29 is 25.2 Å². The van der Waals surface area contributed by atoms with Gasteiger partial charge in [-0.05, 0) is 38.1 Å². The maximum absolute atomic E-state index is 5.17. The van der Waals surface area contributed by atoms with Crippen molar-refractivity contribution >= 4 is 19.5 Å². The fraction of sp³-hybridized carbons (Fsp3) is 0.632. The molecule has 146 valence electrons. The maximum Gasteiger partial charge on any atom is 0.170 e. The van der Waals surface area contributed by atoms with Crippen molar-refractivity contribution in [3.63, 3.8) is 0 Å². The van der Waals surface area contributed by atoms with Gasteiger partial charge in [0.25, 0.3) is 0 Å². The third-order valence-electron chi connectivity index (χ3n) is 5.14. The molecule has 3 nitrogen and oxygen atoms in total. The molecule has 2 saturated carbocycles. The second-order valence-electron chi connectivity index (χ2n) is 7.01. The van der Waals surface area contributed by atoms with Crippen LogP contribution >= 0.6 is 0 Å². The Morgan fingerprint density at radius 2 is 1.20 bits per heavy atom. The van der Waals surface area contributed by atoms with Gasteiger partial charge in [0.1, 0.15) is 0 Å². The van der Waals surface area contributed by atoms with Crippen LogP contribution in [0.4, 0.5) is 0 Å². The van der Waals surface area contributed by atoms with E-state index in [0.717, 1.165) is 12.1 Å². The molecule has 0 saturated heterocycles. The van der Waals surface area contributed by atoms with Gasteiger partial charge in [0.05, 0.1) is 0 Å². The summed E-state index contributed by atoms with van der Waals surface area (Å²) in [7, 11) is -0.670. The number of nitrogens with zero attached hydrogens (tertiary/aromatic N) is 2. The van der Waals surface area contributed by atoms with Crippen LogP contribution in [0.1, 0.15) is 64.2 Å². The molecule has 0 aromatic rings. The van der Waals surface area contributed by atoms with E-state index in [1.54, 1.807) is 0 Å². The fourth-order valence-electron chi connectivity index (χ4n) is 3.81. The molecule has 0 spiro atoms. The van der Waals surface area contributed by atoms with Gasteiger partial charge in [-0.1, -0.05) is 49.9 Å². The average Bonchev–Trinajstić information content (AvgIpc) is 3.14. The molecule has 1 aliphatic heterocycles. The minimum absolute atomic E-state index is 0. The minimum Gasteiger partial charge on any atom is -0.506 e. The van der Waals surface area contributed by atoms with Crippen molar-refractivity contribution in [1.82, 2.24) is 9.80 Å². The summed E-state index contributed by atoms with van der Waals surface area (Å²) in [6.45, 7) is 9.50. The van der Waals surface area contributed by atoms with Gasteiger partial charge in [-0.2, -0.15) is 6.67 Å². The summed E-state index contributed by atoms with van der Waals surface area (Å²) < 4.78 is 5.17. The predicted molar refractivity (Wildman–Crippen MR) is 109 cm³/mol. The first kappa shape index (κ1) is 22.9. The Balaban J connectivity index is 0.000000339. The predicted octanol–water partition coefficient (Wildman–Crippen LogP) is 3.31. The first-order valence-corrected chi connectivity index (χ1v) is 12.5. The molecule has 0 aromatic carbocycles. The zero-order chi connectivity index (χ0) is 17.0. The van der Waals surface area contributed by atoms with Crippen LogP contribution in [0.15, 0.2) is 37.0 Å².